The normalized spacial score (nSPS) is 10.5. The summed E-state index contributed by atoms with van der Waals surface area (Å²) in [5.41, 5.74) is 2.72. The van der Waals surface area contributed by atoms with Crippen molar-refractivity contribution in [2.45, 2.75) is 17.5 Å². The van der Waals surface area contributed by atoms with Gasteiger partial charge in [0.25, 0.3) is 0 Å². The van der Waals surface area contributed by atoms with Gasteiger partial charge in [-0.25, -0.2) is 0 Å². The van der Waals surface area contributed by atoms with Gasteiger partial charge in [0.15, 0.2) is 11.0 Å². The molecule has 0 N–H and O–H groups in total. The van der Waals surface area contributed by atoms with E-state index in [2.05, 4.69) is 16.3 Å². The quantitative estimate of drug-likeness (QED) is 0.352. The number of halogens is 1. The fraction of sp³-hybridized carbons (Fsp3) is 0.0870. The molecule has 0 fully saturated rings. The molecular weight excluding hydrogens is 416 g/mol. The molecule has 0 amide bonds. The molecule has 30 heavy (non-hydrogen) atoms. The Morgan fingerprint density at radius 1 is 0.933 bits per heavy atom. The molecule has 7 heteroatoms. The van der Waals surface area contributed by atoms with Crippen LogP contribution in [0.3, 0.4) is 0 Å². The molecule has 0 unspecified atom stereocenters. The van der Waals surface area contributed by atoms with Crippen molar-refractivity contribution in [3.05, 3.63) is 101 Å². The molecule has 5 nitrogen and oxygen atoms in total. The average molecular weight is 433 g/mol. The summed E-state index contributed by atoms with van der Waals surface area (Å²) in [5, 5.41) is 19.0. The third-order valence-corrected chi connectivity index (χ3v) is 5.67. The number of thioether (sulfide) groups is 1. The monoisotopic (exact) mass is 432 g/mol. The number of rotatable bonds is 7. The van der Waals surface area contributed by atoms with Gasteiger partial charge in [0.05, 0.1) is 16.7 Å². The van der Waals surface area contributed by atoms with Crippen LogP contribution in [-0.4, -0.2) is 14.8 Å². The number of ether oxygens (including phenoxy) is 1. The molecule has 0 bridgehead atoms. The maximum atomic E-state index is 8.95. The lowest BCUT2D eigenvalue weighted by Crippen LogP contribution is -2.06. The van der Waals surface area contributed by atoms with Crippen molar-refractivity contribution in [1.29, 1.82) is 5.26 Å². The summed E-state index contributed by atoms with van der Waals surface area (Å²) in [7, 11) is 0. The highest BCUT2D eigenvalue weighted by Crippen LogP contribution is 2.27. The predicted molar refractivity (Wildman–Crippen MR) is 118 cm³/mol. The zero-order chi connectivity index (χ0) is 20.8. The zero-order valence-electron chi connectivity index (χ0n) is 15.9. The van der Waals surface area contributed by atoms with E-state index in [-0.39, 0.29) is 6.61 Å². The largest absolute Gasteiger partial charge is 0.484 e. The second kappa shape index (κ2) is 9.49. The lowest BCUT2D eigenvalue weighted by Gasteiger charge is -2.11. The van der Waals surface area contributed by atoms with Crippen LogP contribution in [0, 0.1) is 11.3 Å². The van der Waals surface area contributed by atoms with Gasteiger partial charge >= 0.3 is 0 Å². The van der Waals surface area contributed by atoms with Crippen LogP contribution >= 0.6 is 23.4 Å². The smallest absolute Gasteiger partial charge is 0.196 e. The first-order valence-electron chi connectivity index (χ1n) is 9.23. The first kappa shape index (κ1) is 20.0. The number of aromatic nitrogens is 3. The highest BCUT2D eigenvalue weighted by Gasteiger charge is 2.15. The molecule has 0 radical (unpaired) electrons. The molecule has 1 aromatic heterocycles. The highest BCUT2D eigenvalue weighted by molar-refractivity contribution is 7.98. The number of para-hydroxylation sites is 2. The van der Waals surface area contributed by atoms with Crippen LogP contribution in [0.25, 0.3) is 5.69 Å². The number of benzene rings is 3. The summed E-state index contributed by atoms with van der Waals surface area (Å²) in [6.45, 7) is 0.239. The lowest BCUT2D eigenvalue weighted by atomic mass is 10.2. The SMILES string of the molecule is N#Cc1ccc(CSc2nnc(COc3ccccc3Cl)n2-c2ccccc2)cc1. The van der Waals surface area contributed by atoms with Crippen LogP contribution in [0.5, 0.6) is 5.75 Å². The van der Waals surface area contributed by atoms with Crippen molar-refractivity contribution in [1.82, 2.24) is 14.8 Å². The van der Waals surface area contributed by atoms with E-state index < -0.39 is 0 Å². The average Bonchev–Trinajstić information content (AvgIpc) is 3.21. The van der Waals surface area contributed by atoms with Gasteiger partial charge in [-0.05, 0) is 42.0 Å². The Balaban J connectivity index is 1.57. The van der Waals surface area contributed by atoms with Gasteiger partial charge in [0.1, 0.15) is 12.4 Å². The predicted octanol–water partition coefficient (Wildman–Crippen LogP) is 5.66. The van der Waals surface area contributed by atoms with E-state index in [1.54, 1.807) is 17.8 Å². The molecule has 4 aromatic rings. The van der Waals surface area contributed by atoms with E-state index in [1.165, 1.54) is 0 Å². The second-order valence-corrected chi connectivity index (χ2v) is 7.74. The summed E-state index contributed by atoms with van der Waals surface area (Å²) >= 11 is 7.78. The molecule has 3 aromatic carbocycles. The van der Waals surface area contributed by atoms with E-state index in [9.17, 15) is 0 Å². The molecule has 0 aliphatic carbocycles. The van der Waals surface area contributed by atoms with E-state index in [1.807, 2.05) is 77.4 Å². The standard InChI is InChI=1S/C23H17ClN4OS/c24-20-8-4-5-9-21(20)29-15-22-26-27-23(28(22)19-6-2-1-3-7-19)30-16-18-12-10-17(14-25)11-13-18/h1-13H,15-16H2. The molecule has 0 aliphatic rings. The molecule has 0 spiro atoms. The van der Waals surface area contributed by atoms with E-state index in [4.69, 9.17) is 21.6 Å². The summed E-state index contributed by atoms with van der Waals surface area (Å²) in [5.74, 6) is 2.00. The molecule has 0 saturated heterocycles. The van der Waals surface area contributed by atoms with Gasteiger partial charge in [-0.15, -0.1) is 10.2 Å². The minimum absolute atomic E-state index is 0.239. The topological polar surface area (TPSA) is 63.7 Å². The van der Waals surface area contributed by atoms with Crippen molar-refractivity contribution < 1.29 is 4.74 Å². The first-order valence-corrected chi connectivity index (χ1v) is 10.6. The van der Waals surface area contributed by atoms with Crippen molar-refractivity contribution in [3.63, 3.8) is 0 Å². The Morgan fingerprint density at radius 3 is 2.40 bits per heavy atom. The number of hydrogen-bond donors (Lipinski definition) is 0. The first-order chi connectivity index (χ1) is 14.7. The molecule has 1 heterocycles. The molecule has 0 aliphatic heterocycles. The van der Waals surface area contributed by atoms with Gasteiger partial charge < -0.3 is 4.74 Å². The maximum Gasteiger partial charge on any atom is 0.196 e. The zero-order valence-corrected chi connectivity index (χ0v) is 17.5. The molecule has 0 atom stereocenters. The maximum absolute atomic E-state index is 8.95. The highest BCUT2D eigenvalue weighted by atomic mass is 35.5. The molecular formula is C23H17ClN4OS. The Kier molecular flexibility index (Phi) is 6.33. The van der Waals surface area contributed by atoms with Gasteiger partial charge in [-0.3, -0.25) is 4.57 Å². The Hall–Kier alpha value is -3.27. The Labute approximate surface area is 183 Å². The Bertz CT molecular complexity index is 1170. The van der Waals surface area contributed by atoms with E-state index in [0.717, 1.165) is 16.4 Å². The van der Waals surface area contributed by atoms with Gasteiger partial charge in [-0.1, -0.05) is 65.8 Å². The van der Waals surface area contributed by atoms with Crippen molar-refractivity contribution in [2.24, 2.45) is 0 Å². The van der Waals surface area contributed by atoms with Crippen LogP contribution in [-0.2, 0) is 12.4 Å². The number of nitrogens with zero attached hydrogens (tertiary/aromatic N) is 4. The van der Waals surface area contributed by atoms with Gasteiger partial charge in [0.2, 0.25) is 0 Å². The fourth-order valence-corrected chi connectivity index (χ4v) is 3.97. The Morgan fingerprint density at radius 2 is 1.67 bits per heavy atom. The summed E-state index contributed by atoms with van der Waals surface area (Å²) in [6, 6.07) is 27.0. The summed E-state index contributed by atoms with van der Waals surface area (Å²) in [6.07, 6.45) is 0. The van der Waals surface area contributed by atoms with Crippen LogP contribution in [0.1, 0.15) is 17.0 Å². The second-order valence-electron chi connectivity index (χ2n) is 6.39. The van der Waals surface area contributed by atoms with Crippen molar-refractivity contribution in [3.8, 4) is 17.5 Å². The lowest BCUT2D eigenvalue weighted by molar-refractivity contribution is 0.293. The summed E-state index contributed by atoms with van der Waals surface area (Å²) < 4.78 is 7.88. The van der Waals surface area contributed by atoms with Crippen LogP contribution < -0.4 is 4.74 Å². The van der Waals surface area contributed by atoms with Crippen molar-refractivity contribution >= 4 is 23.4 Å². The molecule has 0 saturated carbocycles. The van der Waals surface area contributed by atoms with Crippen LogP contribution in [0.2, 0.25) is 5.02 Å². The number of hydrogen-bond acceptors (Lipinski definition) is 5. The minimum atomic E-state index is 0.239. The van der Waals surface area contributed by atoms with E-state index in [0.29, 0.717) is 27.9 Å². The number of nitriles is 1. The third kappa shape index (κ3) is 4.65. The fourth-order valence-electron chi connectivity index (χ4n) is 2.85. The molecule has 4 rings (SSSR count). The van der Waals surface area contributed by atoms with Crippen LogP contribution in [0.15, 0.2) is 84.0 Å². The molecule has 148 valence electrons. The summed E-state index contributed by atoms with van der Waals surface area (Å²) in [4.78, 5) is 0. The van der Waals surface area contributed by atoms with E-state index >= 15 is 0 Å². The van der Waals surface area contributed by atoms with Crippen LogP contribution in [0.4, 0.5) is 0 Å². The third-order valence-electron chi connectivity index (χ3n) is 4.36. The van der Waals surface area contributed by atoms with Gasteiger partial charge in [0, 0.05) is 11.4 Å². The minimum Gasteiger partial charge on any atom is -0.484 e. The van der Waals surface area contributed by atoms with Gasteiger partial charge in [-0.2, -0.15) is 5.26 Å². The van der Waals surface area contributed by atoms with Crippen molar-refractivity contribution in [2.75, 3.05) is 0 Å².